The largest absolute Gasteiger partial charge is 0.354 e. The first-order chi connectivity index (χ1) is 13.3. The Morgan fingerprint density at radius 2 is 2.04 bits per heavy atom. The summed E-state index contributed by atoms with van der Waals surface area (Å²) in [5, 5.41) is 3.40. The lowest BCUT2D eigenvalue weighted by Crippen LogP contribution is -2.18. The maximum atomic E-state index is 5.02. The van der Waals surface area contributed by atoms with Gasteiger partial charge in [-0.05, 0) is 54.8 Å². The fraction of sp³-hybridized carbons (Fsp3) is 0.286. The van der Waals surface area contributed by atoms with E-state index < -0.39 is 0 Å². The third-order valence-corrected chi connectivity index (χ3v) is 7.10. The minimum absolute atomic E-state index is 0.766. The van der Waals surface area contributed by atoms with Crippen LogP contribution in [0, 0.1) is 0 Å². The second-order valence-electron chi connectivity index (χ2n) is 6.94. The summed E-state index contributed by atoms with van der Waals surface area (Å²) in [6, 6.07) is 8.27. The molecular formula is C21H20N4S2. The zero-order valence-corrected chi connectivity index (χ0v) is 16.8. The van der Waals surface area contributed by atoms with Crippen LogP contribution in [0.5, 0.6) is 0 Å². The lowest BCUT2D eigenvalue weighted by molar-refractivity contribution is 0.700. The van der Waals surface area contributed by atoms with Crippen LogP contribution in [0.2, 0.25) is 0 Å². The van der Waals surface area contributed by atoms with Gasteiger partial charge in [-0.1, -0.05) is 6.07 Å². The van der Waals surface area contributed by atoms with Crippen molar-refractivity contribution in [3.05, 3.63) is 57.4 Å². The first-order valence-electron chi connectivity index (χ1n) is 9.26. The summed E-state index contributed by atoms with van der Waals surface area (Å²) >= 11 is 3.64. The molecule has 27 heavy (non-hydrogen) atoms. The molecule has 0 atom stereocenters. The van der Waals surface area contributed by atoms with Crippen molar-refractivity contribution >= 4 is 38.7 Å². The number of thiophene rings is 2. The van der Waals surface area contributed by atoms with E-state index in [1.54, 1.807) is 17.5 Å². The van der Waals surface area contributed by atoms with Crippen LogP contribution >= 0.6 is 22.7 Å². The molecule has 0 bridgehead atoms. The second-order valence-corrected chi connectivity index (χ2v) is 9.05. The quantitative estimate of drug-likeness (QED) is 0.471. The highest BCUT2D eigenvalue weighted by atomic mass is 32.1. The Morgan fingerprint density at radius 3 is 2.85 bits per heavy atom. The highest BCUT2D eigenvalue weighted by molar-refractivity contribution is 7.19. The average Bonchev–Trinajstić information content (AvgIpc) is 3.35. The van der Waals surface area contributed by atoms with Gasteiger partial charge >= 0.3 is 0 Å². The van der Waals surface area contributed by atoms with Crippen LogP contribution in [0.1, 0.15) is 28.2 Å². The molecule has 1 aliphatic rings. The SMILES string of the molecule is CN(Cc1cccs1)c1nc(-c2cccnc2)nc2sc3c(c12)CCCC3. The van der Waals surface area contributed by atoms with Gasteiger partial charge < -0.3 is 4.90 Å². The van der Waals surface area contributed by atoms with Crippen molar-refractivity contribution < 1.29 is 0 Å². The average molecular weight is 393 g/mol. The molecule has 1 aliphatic carbocycles. The lowest BCUT2D eigenvalue weighted by atomic mass is 9.97. The van der Waals surface area contributed by atoms with E-state index in [4.69, 9.17) is 9.97 Å². The lowest BCUT2D eigenvalue weighted by Gasteiger charge is -2.20. The highest BCUT2D eigenvalue weighted by Gasteiger charge is 2.23. The number of hydrogen-bond donors (Lipinski definition) is 0. The number of aromatic nitrogens is 3. The Bertz CT molecular complexity index is 1070. The van der Waals surface area contributed by atoms with Crippen molar-refractivity contribution in [3.63, 3.8) is 0 Å². The summed E-state index contributed by atoms with van der Waals surface area (Å²) < 4.78 is 0. The second kappa shape index (κ2) is 7.02. The molecule has 0 saturated carbocycles. The van der Waals surface area contributed by atoms with Gasteiger partial charge in [-0.15, -0.1) is 22.7 Å². The molecule has 0 amide bonds. The van der Waals surface area contributed by atoms with E-state index in [1.807, 2.05) is 29.7 Å². The molecule has 4 heterocycles. The topological polar surface area (TPSA) is 41.9 Å². The molecule has 4 aromatic rings. The van der Waals surface area contributed by atoms with E-state index in [0.717, 1.165) is 35.0 Å². The van der Waals surface area contributed by atoms with Gasteiger partial charge in [0.05, 0.1) is 11.9 Å². The first kappa shape index (κ1) is 16.8. The molecule has 0 spiro atoms. The highest BCUT2D eigenvalue weighted by Crippen LogP contribution is 2.40. The van der Waals surface area contributed by atoms with Crippen molar-refractivity contribution in [1.82, 2.24) is 15.0 Å². The number of anilines is 1. The van der Waals surface area contributed by atoms with E-state index in [9.17, 15) is 0 Å². The van der Waals surface area contributed by atoms with Crippen LogP contribution in [-0.4, -0.2) is 22.0 Å². The van der Waals surface area contributed by atoms with Crippen LogP contribution in [0.4, 0.5) is 5.82 Å². The maximum Gasteiger partial charge on any atom is 0.164 e. The fourth-order valence-corrected chi connectivity index (χ4v) is 5.76. The van der Waals surface area contributed by atoms with Gasteiger partial charge in [0.1, 0.15) is 10.6 Å². The van der Waals surface area contributed by atoms with Crippen LogP contribution in [0.3, 0.4) is 0 Å². The molecule has 0 aromatic carbocycles. The summed E-state index contributed by atoms with van der Waals surface area (Å²) in [5.41, 5.74) is 2.45. The summed E-state index contributed by atoms with van der Waals surface area (Å²) in [6.45, 7) is 0.862. The zero-order chi connectivity index (χ0) is 18.2. The van der Waals surface area contributed by atoms with Gasteiger partial charge in [0, 0.05) is 34.8 Å². The van der Waals surface area contributed by atoms with Gasteiger partial charge in [0.25, 0.3) is 0 Å². The molecule has 0 N–H and O–H groups in total. The van der Waals surface area contributed by atoms with Crippen molar-refractivity contribution in [2.24, 2.45) is 0 Å². The summed E-state index contributed by atoms with van der Waals surface area (Å²) in [7, 11) is 2.14. The monoisotopic (exact) mass is 392 g/mol. The standard InChI is InChI=1S/C21H20N4S2/c1-25(13-15-7-5-11-26-15)20-18-16-8-2-3-9-17(16)27-21(18)24-19(23-20)14-6-4-10-22-12-14/h4-7,10-12H,2-3,8-9,13H2,1H3. The molecule has 0 unspecified atom stereocenters. The summed E-state index contributed by atoms with van der Waals surface area (Å²) in [5.74, 6) is 1.81. The Balaban J connectivity index is 1.68. The molecule has 5 rings (SSSR count). The van der Waals surface area contributed by atoms with E-state index in [1.165, 1.54) is 40.0 Å². The fourth-order valence-electron chi connectivity index (χ4n) is 3.75. The normalized spacial score (nSPS) is 13.7. The van der Waals surface area contributed by atoms with E-state index in [-0.39, 0.29) is 0 Å². The smallest absolute Gasteiger partial charge is 0.164 e. The van der Waals surface area contributed by atoms with Crippen molar-refractivity contribution in [2.45, 2.75) is 32.2 Å². The zero-order valence-electron chi connectivity index (χ0n) is 15.2. The van der Waals surface area contributed by atoms with Crippen LogP contribution in [0.25, 0.3) is 21.6 Å². The molecule has 0 aliphatic heterocycles. The van der Waals surface area contributed by atoms with Crippen LogP contribution in [0.15, 0.2) is 42.0 Å². The number of nitrogens with zero attached hydrogens (tertiary/aromatic N) is 4. The predicted octanol–water partition coefficient (Wildman–Crippen LogP) is 5.33. The molecule has 0 saturated heterocycles. The maximum absolute atomic E-state index is 5.02. The minimum atomic E-state index is 0.766. The number of aryl methyl sites for hydroxylation is 2. The third-order valence-electron chi connectivity index (χ3n) is 5.05. The van der Waals surface area contributed by atoms with Gasteiger partial charge in [-0.3, -0.25) is 4.98 Å². The molecular weight excluding hydrogens is 372 g/mol. The van der Waals surface area contributed by atoms with E-state index >= 15 is 0 Å². The van der Waals surface area contributed by atoms with Crippen molar-refractivity contribution in [2.75, 3.05) is 11.9 Å². The van der Waals surface area contributed by atoms with Crippen molar-refractivity contribution in [1.29, 1.82) is 0 Å². The predicted molar refractivity (Wildman–Crippen MR) is 114 cm³/mol. The van der Waals surface area contributed by atoms with Crippen LogP contribution < -0.4 is 4.90 Å². The number of hydrogen-bond acceptors (Lipinski definition) is 6. The van der Waals surface area contributed by atoms with Gasteiger partial charge in [-0.25, -0.2) is 9.97 Å². The van der Waals surface area contributed by atoms with E-state index in [2.05, 4.69) is 34.4 Å². The van der Waals surface area contributed by atoms with Gasteiger partial charge in [-0.2, -0.15) is 0 Å². The Kier molecular flexibility index (Phi) is 4.38. The summed E-state index contributed by atoms with van der Waals surface area (Å²) in [6.07, 6.45) is 8.49. The van der Waals surface area contributed by atoms with Gasteiger partial charge in [0.2, 0.25) is 0 Å². The molecule has 0 radical (unpaired) electrons. The van der Waals surface area contributed by atoms with Gasteiger partial charge in [0.15, 0.2) is 5.82 Å². The van der Waals surface area contributed by atoms with Crippen LogP contribution in [-0.2, 0) is 19.4 Å². The van der Waals surface area contributed by atoms with E-state index in [0.29, 0.717) is 0 Å². The minimum Gasteiger partial charge on any atom is -0.354 e. The molecule has 6 heteroatoms. The first-order valence-corrected chi connectivity index (χ1v) is 11.0. The Labute approximate surface area is 166 Å². The molecule has 0 fully saturated rings. The number of pyridine rings is 1. The molecule has 4 nitrogen and oxygen atoms in total. The molecule has 136 valence electrons. The molecule has 4 aromatic heterocycles. The van der Waals surface area contributed by atoms with Crippen molar-refractivity contribution in [3.8, 4) is 11.4 Å². The Hall–Kier alpha value is -2.31. The Morgan fingerprint density at radius 1 is 1.11 bits per heavy atom. The summed E-state index contributed by atoms with van der Waals surface area (Å²) in [4.78, 5) is 20.4. The number of fused-ring (bicyclic) bond motifs is 3. The number of rotatable bonds is 4. The third kappa shape index (κ3) is 3.13.